The number of carbonyl (C=O) groups excluding carboxylic acids is 1. The van der Waals surface area contributed by atoms with E-state index in [-0.39, 0.29) is 11.7 Å². The van der Waals surface area contributed by atoms with Gasteiger partial charge in [0.2, 0.25) is 0 Å². The van der Waals surface area contributed by atoms with Gasteiger partial charge in [-0.05, 0) is 154 Å². The average molecular weight is 765 g/mol. The molecule has 4 atom stereocenters. The Morgan fingerprint density at radius 1 is 0.678 bits per heavy atom. The lowest BCUT2D eigenvalue weighted by Gasteiger charge is -2.41. The molecule has 0 N–H and O–H groups in total. The second-order valence-corrected chi connectivity index (χ2v) is 17.8. The molecule has 0 bridgehead atoms. The Morgan fingerprint density at radius 2 is 1.58 bits per heavy atom. The SMILES string of the molecule is O=C(C1=CCC=CC1)C1=CC=C2C(C3C=CC=CC3)=C3C=C(Cc4ccccc4)CCC3=C(C3=CCC(C4=C5C=Cc6cc7c(cc6C5CC=C4)=CCCC=7)C=C3)C2C1. The molecule has 0 saturated carbocycles. The van der Waals surface area contributed by atoms with E-state index in [4.69, 9.17) is 0 Å². The van der Waals surface area contributed by atoms with Crippen LogP contribution in [0.3, 0.4) is 0 Å². The van der Waals surface area contributed by atoms with E-state index in [0.29, 0.717) is 17.8 Å². The molecule has 0 aliphatic heterocycles. The Kier molecular flexibility index (Phi) is 9.49. The van der Waals surface area contributed by atoms with Crippen molar-refractivity contribution in [3.63, 3.8) is 0 Å². The van der Waals surface area contributed by atoms with Crippen LogP contribution in [0.2, 0.25) is 0 Å². The minimum Gasteiger partial charge on any atom is -0.289 e. The topological polar surface area (TPSA) is 17.1 Å². The first-order valence-electron chi connectivity index (χ1n) is 22.3. The largest absolute Gasteiger partial charge is 0.289 e. The maximum absolute atomic E-state index is 14.2. The Hall–Kier alpha value is -5.79. The molecule has 0 amide bonds. The summed E-state index contributed by atoms with van der Waals surface area (Å²) in [5.41, 5.74) is 19.3. The third-order valence-corrected chi connectivity index (χ3v) is 14.3. The standard InChI is InChI=1S/C58H52O/c59-58(43-17-8-3-9-18-43)47-29-32-52-55(37-47)57(51-30-23-39(33-38-13-4-1-5-14-38)34-54(51)56(52)41-15-6-2-7-16-41)42-26-24-40(25-27-42)48-21-12-22-49-50(48)31-28-46-35-44-19-10-11-20-45(44)36-53(46)49/h1-8,12-15,18-21,24,26-29,31-32,34-36,40-41,49,55H,9-11,16-17,22-23,25,30,33,37H2. The molecule has 0 heterocycles. The molecule has 1 heteroatoms. The van der Waals surface area contributed by atoms with Crippen molar-refractivity contribution in [1.82, 2.24) is 0 Å². The van der Waals surface area contributed by atoms with E-state index in [9.17, 15) is 4.79 Å². The highest BCUT2D eigenvalue weighted by Gasteiger charge is 2.40. The van der Waals surface area contributed by atoms with Gasteiger partial charge in [0.1, 0.15) is 0 Å². The van der Waals surface area contributed by atoms with Crippen LogP contribution in [0.1, 0.15) is 86.8 Å². The molecule has 9 aliphatic carbocycles. The van der Waals surface area contributed by atoms with Crippen molar-refractivity contribution in [2.45, 2.75) is 76.5 Å². The third-order valence-electron chi connectivity index (χ3n) is 14.3. The quantitative estimate of drug-likeness (QED) is 0.257. The number of ketones is 1. The number of hydrogen-bond acceptors (Lipinski definition) is 1. The van der Waals surface area contributed by atoms with Crippen molar-refractivity contribution in [1.29, 1.82) is 0 Å². The van der Waals surface area contributed by atoms with Crippen LogP contribution in [0.25, 0.3) is 18.2 Å². The minimum atomic E-state index is 0.155. The number of benzene rings is 2. The second-order valence-electron chi connectivity index (χ2n) is 17.8. The van der Waals surface area contributed by atoms with E-state index in [2.05, 4.69) is 158 Å². The summed E-state index contributed by atoms with van der Waals surface area (Å²) >= 11 is 0. The molecule has 0 aromatic heterocycles. The van der Waals surface area contributed by atoms with E-state index in [1.165, 1.54) is 77.3 Å². The highest BCUT2D eigenvalue weighted by Crippen LogP contribution is 2.54. The Balaban J connectivity index is 0.991. The van der Waals surface area contributed by atoms with Crippen LogP contribution >= 0.6 is 0 Å². The number of allylic oxidation sites excluding steroid dienone is 27. The summed E-state index contributed by atoms with van der Waals surface area (Å²) in [7, 11) is 0. The van der Waals surface area contributed by atoms with E-state index in [1.807, 2.05) is 0 Å². The zero-order chi connectivity index (χ0) is 39.3. The van der Waals surface area contributed by atoms with E-state index in [1.54, 1.807) is 0 Å². The van der Waals surface area contributed by atoms with Crippen LogP contribution in [0.15, 0.2) is 201 Å². The van der Waals surface area contributed by atoms with Crippen molar-refractivity contribution in [2.24, 2.45) is 17.8 Å². The van der Waals surface area contributed by atoms with Crippen LogP contribution in [0.5, 0.6) is 0 Å². The number of hydrogen-bond donors (Lipinski definition) is 0. The number of carbonyl (C=O) groups is 1. The summed E-state index contributed by atoms with van der Waals surface area (Å²) in [5, 5.41) is 2.81. The monoisotopic (exact) mass is 764 g/mol. The van der Waals surface area contributed by atoms with Crippen LogP contribution in [0.4, 0.5) is 0 Å². The lowest BCUT2D eigenvalue weighted by molar-refractivity contribution is -0.112. The summed E-state index contributed by atoms with van der Waals surface area (Å²) in [5.74, 6) is 1.46. The van der Waals surface area contributed by atoms with Gasteiger partial charge in [0.15, 0.2) is 5.78 Å². The van der Waals surface area contributed by atoms with Crippen molar-refractivity contribution in [3.05, 3.63) is 228 Å². The molecule has 2 aromatic carbocycles. The molecule has 1 nitrogen and oxygen atoms in total. The Bertz CT molecular complexity index is 2740. The molecule has 59 heavy (non-hydrogen) atoms. The first-order valence-corrected chi connectivity index (χ1v) is 22.3. The maximum Gasteiger partial charge on any atom is 0.185 e. The third kappa shape index (κ3) is 6.70. The van der Waals surface area contributed by atoms with Crippen LogP contribution in [-0.4, -0.2) is 5.78 Å². The maximum atomic E-state index is 14.2. The predicted molar refractivity (Wildman–Crippen MR) is 245 cm³/mol. The van der Waals surface area contributed by atoms with Gasteiger partial charge in [0, 0.05) is 29.2 Å². The van der Waals surface area contributed by atoms with E-state index in [0.717, 1.165) is 81.8 Å². The van der Waals surface area contributed by atoms with Crippen molar-refractivity contribution >= 4 is 24.0 Å². The van der Waals surface area contributed by atoms with E-state index >= 15 is 0 Å². The van der Waals surface area contributed by atoms with Crippen molar-refractivity contribution in [2.75, 3.05) is 0 Å². The Labute approximate surface area is 349 Å². The minimum absolute atomic E-state index is 0.155. The fraction of sp³-hybridized carbons (Fsp3) is 0.259. The van der Waals surface area contributed by atoms with Crippen LogP contribution in [-0.2, 0) is 11.2 Å². The summed E-state index contributed by atoms with van der Waals surface area (Å²) in [6.45, 7) is 0. The molecular formula is C58H52O. The lowest BCUT2D eigenvalue weighted by Crippen LogP contribution is -2.29. The average Bonchev–Trinajstić information content (AvgIpc) is 3.30. The zero-order valence-electron chi connectivity index (χ0n) is 34.0. The highest BCUT2D eigenvalue weighted by atomic mass is 16.1. The molecule has 2 aromatic rings. The smallest absolute Gasteiger partial charge is 0.185 e. The first-order chi connectivity index (χ1) is 29.2. The normalized spacial score (nSPS) is 26.3. The van der Waals surface area contributed by atoms with Crippen molar-refractivity contribution in [3.8, 4) is 0 Å². The van der Waals surface area contributed by atoms with Gasteiger partial charge in [0.25, 0.3) is 0 Å². The van der Waals surface area contributed by atoms with Gasteiger partial charge in [-0.15, -0.1) is 0 Å². The molecule has 290 valence electrons. The molecule has 9 aliphatic rings. The summed E-state index contributed by atoms with van der Waals surface area (Å²) in [4.78, 5) is 14.2. The van der Waals surface area contributed by atoms with Gasteiger partial charge in [-0.3, -0.25) is 4.79 Å². The highest BCUT2D eigenvalue weighted by molar-refractivity contribution is 6.09. The zero-order valence-corrected chi connectivity index (χ0v) is 34.0. The van der Waals surface area contributed by atoms with Gasteiger partial charge in [-0.25, -0.2) is 0 Å². The molecule has 0 saturated heterocycles. The van der Waals surface area contributed by atoms with Gasteiger partial charge in [-0.2, -0.15) is 0 Å². The van der Waals surface area contributed by atoms with E-state index < -0.39 is 0 Å². The Morgan fingerprint density at radius 3 is 2.39 bits per heavy atom. The molecule has 0 radical (unpaired) electrons. The van der Waals surface area contributed by atoms with Gasteiger partial charge in [-0.1, -0.05) is 157 Å². The van der Waals surface area contributed by atoms with Gasteiger partial charge in [0.05, 0.1) is 0 Å². The molecule has 4 unspecified atom stereocenters. The van der Waals surface area contributed by atoms with Crippen LogP contribution < -0.4 is 10.4 Å². The summed E-state index contributed by atoms with van der Waals surface area (Å²) in [6.07, 6.45) is 55.5. The number of fused-ring (bicyclic) bond motifs is 6. The number of rotatable bonds is 7. The molecular weight excluding hydrogens is 713 g/mol. The van der Waals surface area contributed by atoms with Gasteiger partial charge < -0.3 is 0 Å². The number of Topliss-reactive ketones (excluding diaryl/α,β-unsaturated/α-hetero) is 1. The predicted octanol–water partition coefficient (Wildman–Crippen LogP) is 12.3. The van der Waals surface area contributed by atoms with Gasteiger partial charge >= 0.3 is 0 Å². The summed E-state index contributed by atoms with van der Waals surface area (Å²) in [6, 6.07) is 15.9. The lowest BCUT2D eigenvalue weighted by atomic mass is 9.62. The summed E-state index contributed by atoms with van der Waals surface area (Å²) < 4.78 is 0. The molecule has 0 spiro atoms. The second kappa shape index (κ2) is 15.4. The van der Waals surface area contributed by atoms with Crippen LogP contribution in [0, 0.1) is 17.8 Å². The molecule has 11 rings (SSSR count). The fourth-order valence-corrected chi connectivity index (χ4v) is 11.4. The fourth-order valence-electron chi connectivity index (χ4n) is 11.4. The van der Waals surface area contributed by atoms with Crippen molar-refractivity contribution < 1.29 is 4.79 Å². The first kappa shape index (κ1) is 36.3. The molecule has 0 fully saturated rings.